The van der Waals surface area contributed by atoms with E-state index < -0.39 is 18.5 Å². The van der Waals surface area contributed by atoms with Gasteiger partial charge in [-0.25, -0.2) is 4.79 Å². The lowest BCUT2D eigenvalue weighted by atomic mass is 9.95. The van der Waals surface area contributed by atoms with Gasteiger partial charge in [-0.3, -0.25) is 14.4 Å². The lowest BCUT2D eigenvalue weighted by molar-refractivity contribution is -0.119. The van der Waals surface area contributed by atoms with E-state index in [0.29, 0.717) is 22.7 Å². The maximum Gasteiger partial charge on any atom is 0.340 e. The molecule has 3 aromatic carbocycles. The SMILES string of the molecule is O=C(COC(=O)c1ccccc1NC(=O)c1ccccc1)Nc1sc2c(c1C(=O)NCc1ccccc1)CCCC2. The van der Waals surface area contributed by atoms with E-state index in [1.807, 2.05) is 30.3 Å². The molecule has 0 atom stereocenters. The molecular weight excluding hydrogens is 538 g/mol. The summed E-state index contributed by atoms with van der Waals surface area (Å²) in [7, 11) is 0. The van der Waals surface area contributed by atoms with E-state index in [1.54, 1.807) is 48.5 Å². The molecule has 3 N–H and O–H groups in total. The van der Waals surface area contributed by atoms with Crippen LogP contribution in [0.4, 0.5) is 10.7 Å². The monoisotopic (exact) mass is 567 g/mol. The fourth-order valence-electron chi connectivity index (χ4n) is 4.69. The highest BCUT2D eigenvalue weighted by Gasteiger charge is 2.27. The zero-order valence-corrected chi connectivity index (χ0v) is 23.1. The predicted octanol–water partition coefficient (Wildman–Crippen LogP) is 5.60. The van der Waals surface area contributed by atoms with Crippen molar-refractivity contribution in [1.29, 1.82) is 0 Å². The summed E-state index contributed by atoms with van der Waals surface area (Å²) in [5.41, 5.74) is 3.27. The van der Waals surface area contributed by atoms with Crippen molar-refractivity contribution >= 4 is 45.7 Å². The molecular formula is C32H29N3O5S. The van der Waals surface area contributed by atoms with E-state index in [4.69, 9.17) is 4.74 Å². The number of carbonyl (C=O) groups is 4. The first-order valence-electron chi connectivity index (χ1n) is 13.4. The lowest BCUT2D eigenvalue weighted by Crippen LogP contribution is -2.26. The minimum absolute atomic E-state index is 0.122. The average molecular weight is 568 g/mol. The zero-order valence-electron chi connectivity index (χ0n) is 22.3. The summed E-state index contributed by atoms with van der Waals surface area (Å²) in [6, 6.07) is 24.7. The Bertz CT molecular complexity index is 1570. The maximum absolute atomic E-state index is 13.3. The van der Waals surface area contributed by atoms with Crippen molar-refractivity contribution < 1.29 is 23.9 Å². The molecule has 0 radical (unpaired) electrons. The number of nitrogens with one attached hydrogen (secondary N) is 3. The second kappa shape index (κ2) is 13.1. The topological polar surface area (TPSA) is 114 Å². The molecule has 3 amide bonds. The van der Waals surface area contributed by atoms with Crippen LogP contribution in [0.25, 0.3) is 0 Å². The highest BCUT2D eigenvalue weighted by molar-refractivity contribution is 7.17. The smallest absolute Gasteiger partial charge is 0.340 e. The van der Waals surface area contributed by atoms with E-state index in [2.05, 4.69) is 16.0 Å². The third-order valence-electron chi connectivity index (χ3n) is 6.71. The van der Waals surface area contributed by atoms with Crippen LogP contribution in [-0.2, 0) is 28.9 Å². The third kappa shape index (κ3) is 6.88. The van der Waals surface area contributed by atoms with Gasteiger partial charge in [0.2, 0.25) is 0 Å². The van der Waals surface area contributed by atoms with Gasteiger partial charge in [-0.2, -0.15) is 0 Å². The van der Waals surface area contributed by atoms with Crippen LogP contribution in [0.5, 0.6) is 0 Å². The van der Waals surface area contributed by atoms with Crippen molar-refractivity contribution in [2.24, 2.45) is 0 Å². The van der Waals surface area contributed by atoms with Gasteiger partial charge in [-0.1, -0.05) is 60.7 Å². The van der Waals surface area contributed by atoms with Crippen LogP contribution in [0, 0.1) is 0 Å². The number of para-hydroxylation sites is 1. The van der Waals surface area contributed by atoms with Gasteiger partial charge in [-0.15, -0.1) is 11.3 Å². The van der Waals surface area contributed by atoms with Gasteiger partial charge in [0.1, 0.15) is 5.00 Å². The number of rotatable bonds is 9. The summed E-state index contributed by atoms with van der Waals surface area (Å²) >= 11 is 1.40. The van der Waals surface area contributed by atoms with Gasteiger partial charge in [0, 0.05) is 17.0 Å². The summed E-state index contributed by atoms with van der Waals surface area (Å²) in [6.45, 7) is -0.178. The van der Waals surface area contributed by atoms with Crippen LogP contribution in [0.1, 0.15) is 59.9 Å². The standard InChI is InChI=1S/C32H29N3O5S/c36-27(20-40-32(39)23-15-7-9-17-25(23)34-29(37)22-13-5-2-6-14-22)35-31-28(24-16-8-10-18-26(24)41-31)30(38)33-19-21-11-3-1-4-12-21/h1-7,9,11-15,17H,8,10,16,18-20H2,(H,33,38)(H,34,37)(H,35,36). The molecule has 1 heterocycles. The highest BCUT2D eigenvalue weighted by atomic mass is 32.1. The molecule has 0 unspecified atom stereocenters. The molecule has 41 heavy (non-hydrogen) atoms. The normalized spacial score (nSPS) is 12.1. The van der Waals surface area contributed by atoms with Crippen LogP contribution < -0.4 is 16.0 Å². The molecule has 5 rings (SSSR count). The lowest BCUT2D eigenvalue weighted by Gasteiger charge is -2.13. The van der Waals surface area contributed by atoms with Crippen LogP contribution in [-0.4, -0.2) is 30.3 Å². The fourth-order valence-corrected chi connectivity index (χ4v) is 5.99. The molecule has 208 valence electrons. The van der Waals surface area contributed by atoms with Gasteiger partial charge < -0.3 is 20.7 Å². The first kappa shape index (κ1) is 27.8. The molecule has 8 nitrogen and oxygen atoms in total. The molecule has 9 heteroatoms. The summed E-state index contributed by atoms with van der Waals surface area (Å²) in [5.74, 6) is -1.93. The largest absolute Gasteiger partial charge is 0.452 e. The van der Waals surface area contributed by atoms with Gasteiger partial charge in [0.05, 0.1) is 16.8 Å². The van der Waals surface area contributed by atoms with E-state index in [0.717, 1.165) is 41.7 Å². The number of aryl methyl sites for hydroxylation is 1. The fraction of sp³-hybridized carbons (Fsp3) is 0.188. The van der Waals surface area contributed by atoms with Crippen molar-refractivity contribution in [1.82, 2.24) is 5.32 Å². The first-order valence-corrected chi connectivity index (χ1v) is 14.2. The molecule has 0 saturated heterocycles. The number of fused-ring (bicyclic) bond motifs is 1. The third-order valence-corrected chi connectivity index (χ3v) is 7.92. The number of benzene rings is 3. The Labute approximate surface area is 241 Å². The summed E-state index contributed by atoms with van der Waals surface area (Å²) in [6.07, 6.45) is 3.64. The van der Waals surface area contributed by atoms with Crippen molar-refractivity contribution in [3.63, 3.8) is 0 Å². The Morgan fingerprint density at radius 2 is 1.44 bits per heavy atom. The molecule has 1 aliphatic rings. The highest BCUT2D eigenvalue weighted by Crippen LogP contribution is 2.38. The number of carbonyl (C=O) groups excluding carboxylic acids is 4. The summed E-state index contributed by atoms with van der Waals surface area (Å²) < 4.78 is 5.30. The van der Waals surface area contributed by atoms with Gasteiger partial charge in [-0.05, 0) is 61.1 Å². The molecule has 4 aromatic rings. The van der Waals surface area contributed by atoms with E-state index in [-0.39, 0.29) is 23.1 Å². The second-order valence-corrected chi connectivity index (χ2v) is 10.7. The molecule has 0 spiro atoms. The number of hydrogen-bond acceptors (Lipinski definition) is 6. The maximum atomic E-state index is 13.3. The molecule has 0 fully saturated rings. The molecule has 0 bridgehead atoms. The molecule has 1 aliphatic carbocycles. The number of hydrogen-bond donors (Lipinski definition) is 3. The Kier molecular flexibility index (Phi) is 8.85. The quantitative estimate of drug-likeness (QED) is 0.228. The van der Waals surface area contributed by atoms with Crippen molar-refractivity contribution in [2.75, 3.05) is 17.2 Å². The van der Waals surface area contributed by atoms with Crippen LogP contribution in [0.15, 0.2) is 84.9 Å². The minimum Gasteiger partial charge on any atom is -0.452 e. The van der Waals surface area contributed by atoms with Gasteiger partial charge >= 0.3 is 5.97 Å². The van der Waals surface area contributed by atoms with E-state index in [1.165, 1.54) is 17.4 Å². The van der Waals surface area contributed by atoms with Crippen LogP contribution >= 0.6 is 11.3 Å². The Balaban J connectivity index is 1.24. The zero-order chi connectivity index (χ0) is 28.6. The van der Waals surface area contributed by atoms with E-state index in [9.17, 15) is 19.2 Å². The number of anilines is 2. The molecule has 0 aliphatic heterocycles. The summed E-state index contributed by atoms with van der Waals surface area (Å²) in [5, 5.41) is 8.94. The number of thiophene rings is 1. The minimum atomic E-state index is -0.754. The van der Waals surface area contributed by atoms with Crippen molar-refractivity contribution in [3.05, 3.63) is 118 Å². The average Bonchev–Trinajstić information content (AvgIpc) is 3.37. The van der Waals surface area contributed by atoms with Crippen molar-refractivity contribution in [3.8, 4) is 0 Å². The van der Waals surface area contributed by atoms with Crippen molar-refractivity contribution in [2.45, 2.75) is 32.2 Å². The Hall–Kier alpha value is -4.76. The molecule has 1 aromatic heterocycles. The number of amides is 3. The second-order valence-electron chi connectivity index (χ2n) is 9.57. The number of ether oxygens (including phenoxy) is 1. The van der Waals surface area contributed by atoms with Gasteiger partial charge in [0.25, 0.3) is 17.7 Å². The van der Waals surface area contributed by atoms with Crippen LogP contribution in [0.3, 0.4) is 0 Å². The first-order chi connectivity index (χ1) is 20.0. The summed E-state index contributed by atoms with van der Waals surface area (Å²) in [4.78, 5) is 52.7. The van der Waals surface area contributed by atoms with E-state index >= 15 is 0 Å². The van der Waals surface area contributed by atoms with Gasteiger partial charge in [0.15, 0.2) is 6.61 Å². The number of esters is 1. The Morgan fingerprint density at radius 3 is 2.22 bits per heavy atom. The van der Waals surface area contributed by atoms with Crippen LogP contribution in [0.2, 0.25) is 0 Å². The Morgan fingerprint density at radius 1 is 0.756 bits per heavy atom. The molecule has 0 saturated carbocycles. The predicted molar refractivity (Wildman–Crippen MR) is 158 cm³/mol.